The van der Waals surface area contributed by atoms with E-state index in [1.54, 1.807) is 6.07 Å². The Balaban J connectivity index is 1.40. The van der Waals surface area contributed by atoms with Gasteiger partial charge < -0.3 is 19.1 Å². The number of amides is 1. The van der Waals surface area contributed by atoms with Crippen LogP contribution in [0.15, 0.2) is 36.4 Å². The van der Waals surface area contributed by atoms with Crippen LogP contribution in [0.2, 0.25) is 5.02 Å². The Labute approximate surface area is 151 Å². The van der Waals surface area contributed by atoms with E-state index in [2.05, 4.69) is 0 Å². The third-order valence-corrected chi connectivity index (χ3v) is 4.67. The van der Waals surface area contributed by atoms with E-state index >= 15 is 0 Å². The lowest BCUT2D eigenvalue weighted by Crippen LogP contribution is -2.27. The fourth-order valence-electron chi connectivity index (χ4n) is 3.07. The topological polar surface area (TPSA) is 48.0 Å². The summed E-state index contributed by atoms with van der Waals surface area (Å²) in [5.74, 6) is 2.01. The maximum Gasteiger partial charge on any atom is 0.253 e. The maximum atomic E-state index is 12.3. The number of benzene rings is 2. The second kappa shape index (κ2) is 6.84. The molecule has 5 nitrogen and oxygen atoms in total. The molecule has 25 heavy (non-hydrogen) atoms. The standard InChI is InChI=1S/C19H18ClNO4/c20-16-9-13(10-17-18(16)25-12-24-17)11-23-15-5-3-14(4-6-15)19(22)21-7-1-2-8-21/h3-6,9-10H,1-2,7-8,11-12H2. The summed E-state index contributed by atoms with van der Waals surface area (Å²) in [6.07, 6.45) is 2.18. The summed E-state index contributed by atoms with van der Waals surface area (Å²) in [5, 5.41) is 0.514. The predicted octanol–water partition coefficient (Wildman–Crippen LogP) is 3.88. The molecular formula is C19H18ClNO4. The van der Waals surface area contributed by atoms with Gasteiger partial charge in [-0.2, -0.15) is 0 Å². The molecule has 1 fully saturated rings. The molecule has 2 aliphatic rings. The molecule has 2 aromatic rings. The Morgan fingerprint density at radius 3 is 2.64 bits per heavy atom. The summed E-state index contributed by atoms with van der Waals surface area (Å²) < 4.78 is 16.4. The van der Waals surface area contributed by atoms with E-state index in [0.29, 0.717) is 34.4 Å². The number of carbonyl (C=O) groups excluding carboxylic acids is 1. The molecule has 2 aromatic carbocycles. The van der Waals surface area contributed by atoms with Crippen molar-refractivity contribution in [3.05, 3.63) is 52.5 Å². The Hall–Kier alpha value is -2.40. The van der Waals surface area contributed by atoms with Crippen molar-refractivity contribution in [3.63, 3.8) is 0 Å². The van der Waals surface area contributed by atoms with Crippen LogP contribution in [-0.4, -0.2) is 30.7 Å². The van der Waals surface area contributed by atoms with Gasteiger partial charge in [0.25, 0.3) is 5.91 Å². The molecule has 0 N–H and O–H groups in total. The molecule has 0 spiro atoms. The first-order valence-electron chi connectivity index (χ1n) is 8.31. The summed E-state index contributed by atoms with van der Waals surface area (Å²) in [5.41, 5.74) is 1.59. The van der Waals surface area contributed by atoms with Crippen molar-refractivity contribution >= 4 is 17.5 Å². The number of nitrogens with zero attached hydrogens (tertiary/aromatic N) is 1. The number of hydrogen-bond donors (Lipinski definition) is 0. The SMILES string of the molecule is O=C(c1ccc(OCc2cc(Cl)c3c(c2)OCO3)cc1)N1CCCC1. The largest absolute Gasteiger partial charge is 0.489 e. The van der Waals surface area contributed by atoms with Gasteiger partial charge in [-0.05, 0) is 54.8 Å². The van der Waals surface area contributed by atoms with Gasteiger partial charge in [-0.3, -0.25) is 4.79 Å². The highest BCUT2D eigenvalue weighted by Crippen LogP contribution is 2.40. The lowest BCUT2D eigenvalue weighted by molar-refractivity contribution is 0.0793. The molecule has 130 valence electrons. The van der Waals surface area contributed by atoms with E-state index in [0.717, 1.165) is 31.5 Å². The molecule has 0 saturated carbocycles. The monoisotopic (exact) mass is 359 g/mol. The van der Waals surface area contributed by atoms with Crippen LogP contribution in [0.5, 0.6) is 17.2 Å². The van der Waals surface area contributed by atoms with Gasteiger partial charge in [-0.1, -0.05) is 11.6 Å². The second-order valence-electron chi connectivity index (χ2n) is 6.12. The lowest BCUT2D eigenvalue weighted by atomic mass is 10.2. The highest BCUT2D eigenvalue weighted by Gasteiger charge is 2.20. The molecule has 0 aromatic heterocycles. The first kappa shape index (κ1) is 16.1. The van der Waals surface area contributed by atoms with Gasteiger partial charge >= 0.3 is 0 Å². The molecule has 0 atom stereocenters. The Morgan fingerprint density at radius 2 is 1.88 bits per heavy atom. The van der Waals surface area contributed by atoms with Gasteiger partial charge in [0.2, 0.25) is 6.79 Å². The molecule has 2 heterocycles. The number of fused-ring (bicyclic) bond motifs is 1. The zero-order valence-corrected chi connectivity index (χ0v) is 14.4. The fraction of sp³-hybridized carbons (Fsp3) is 0.316. The van der Waals surface area contributed by atoms with Gasteiger partial charge in [0.1, 0.15) is 12.4 Å². The zero-order chi connectivity index (χ0) is 17.2. The molecule has 6 heteroatoms. The highest BCUT2D eigenvalue weighted by molar-refractivity contribution is 6.32. The van der Waals surface area contributed by atoms with Crippen LogP contribution in [0.4, 0.5) is 0 Å². The van der Waals surface area contributed by atoms with Gasteiger partial charge in [-0.15, -0.1) is 0 Å². The third kappa shape index (κ3) is 3.37. The van der Waals surface area contributed by atoms with Crippen molar-refractivity contribution in [2.45, 2.75) is 19.4 Å². The van der Waals surface area contributed by atoms with Crippen LogP contribution >= 0.6 is 11.6 Å². The van der Waals surface area contributed by atoms with Crippen LogP contribution in [0, 0.1) is 0 Å². The molecule has 0 aliphatic carbocycles. The number of rotatable bonds is 4. The fourth-order valence-corrected chi connectivity index (χ4v) is 3.36. The lowest BCUT2D eigenvalue weighted by Gasteiger charge is -2.15. The summed E-state index contributed by atoms with van der Waals surface area (Å²) >= 11 is 6.17. The minimum absolute atomic E-state index is 0.0894. The van der Waals surface area contributed by atoms with Gasteiger partial charge in [0.05, 0.1) is 5.02 Å². The Kier molecular flexibility index (Phi) is 4.40. The predicted molar refractivity (Wildman–Crippen MR) is 93.5 cm³/mol. The highest BCUT2D eigenvalue weighted by atomic mass is 35.5. The summed E-state index contributed by atoms with van der Waals surface area (Å²) in [6.45, 7) is 2.24. The quantitative estimate of drug-likeness (QED) is 0.831. The second-order valence-corrected chi connectivity index (χ2v) is 6.53. The third-order valence-electron chi connectivity index (χ3n) is 4.39. The molecular weight excluding hydrogens is 342 g/mol. The normalized spacial score (nSPS) is 15.5. The first-order chi connectivity index (χ1) is 12.2. The molecule has 4 rings (SSSR count). The van der Waals surface area contributed by atoms with Crippen molar-refractivity contribution in [2.75, 3.05) is 19.9 Å². The average molecular weight is 360 g/mol. The Morgan fingerprint density at radius 1 is 1.12 bits per heavy atom. The molecule has 0 unspecified atom stereocenters. The van der Waals surface area contributed by atoms with E-state index in [4.69, 9.17) is 25.8 Å². The summed E-state index contributed by atoms with van der Waals surface area (Å²) in [4.78, 5) is 14.2. The number of ether oxygens (including phenoxy) is 3. The van der Waals surface area contributed by atoms with Gasteiger partial charge in [0, 0.05) is 18.7 Å². The first-order valence-corrected chi connectivity index (χ1v) is 8.69. The van der Waals surface area contributed by atoms with Crippen molar-refractivity contribution in [2.24, 2.45) is 0 Å². The van der Waals surface area contributed by atoms with Crippen LogP contribution in [0.1, 0.15) is 28.8 Å². The molecule has 2 aliphatic heterocycles. The molecule has 0 radical (unpaired) electrons. The van der Waals surface area contributed by atoms with Crippen molar-refractivity contribution in [3.8, 4) is 17.2 Å². The van der Waals surface area contributed by atoms with Crippen LogP contribution in [-0.2, 0) is 6.61 Å². The maximum absolute atomic E-state index is 12.3. The van der Waals surface area contributed by atoms with Crippen molar-refractivity contribution < 1.29 is 19.0 Å². The summed E-state index contributed by atoms with van der Waals surface area (Å²) in [6, 6.07) is 10.9. The van der Waals surface area contributed by atoms with Crippen LogP contribution < -0.4 is 14.2 Å². The van der Waals surface area contributed by atoms with Crippen molar-refractivity contribution in [1.82, 2.24) is 4.90 Å². The molecule has 1 saturated heterocycles. The summed E-state index contributed by atoms with van der Waals surface area (Å²) in [7, 11) is 0. The number of halogens is 1. The minimum atomic E-state index is 0.0894. The van der Waals surface area contributed by atoms with E-state index in [1.165, 1.54) is 0 Å². The van der Waals surface area contributed by atoms with E-state index in [-0.39, 0.29) is 12.7 Å². The zero-order valence-electron chi connectivity index (χ0n) is 13.7. The van der Waals surface area contributed by atoms with Gasteiger partial charge in [0.15, 0.2) is 11.5 Å². The number of likely N-dealkylation sites (tertiary alicyclic amines) is 1. The van der Waals surface area contributed by atoms with Crippen molar-refractivity contribution in [1.29, 1.82) is 0 Å². The van der Waals surface area contributed by atoms with E-state index < -0.39 is 0 Å². The Bertz CT molecular complexity index is 785. The van der Waals surface area contributed by atoms with E-state index in [9.17, 15) is 4.79 Å². The smallest absolute Gasteiger partial charge is 0.253 e. The van der Waals surface area contributed by atoms with E-state index in [1.807, 2.05) is 35.2 Å². The van der Waals surface area contributed by atoms with Gasteiger partial charge in [-0.25, -0.2) is 0 Å². The minimum Gasteiger partial charge on any atom is -0.489 e. The van der Waals surface area contributed by atoms with Crippen LogP contribution in [0.3, 0.4) is 0 Å². The molecule has 1 amide bonds. The molecule has 0 bridgehead atoms. The number of hydrogen-bond acceptors (Lipinski definition) is 4. The number of carbonyl (C=O) groups is 1. The average Bonchev–Trinajstić information content (AvgIpc) is 3.31. The van der Waals surface area contributed by atoms with Crippen LogP contribution in [0.25, 0.3) is 0 Å².